The molecular formula is C9H10Cl2FN. The van der Waals surface area contributed by atoms with Gasteiger partial charge in [0.15, 0.2) is 0 Å². The molecule has 0 radical (unpaired) electrons. The summed E-state index contributed by atoms with van der Waals surface area (Å²) in [6.07, 6.45) is 0. The summed E-state index contributed by atoms with van der Waals surface area (Å²) < 4.78 is 13.0. The molecule has 1 atom stereocenters. The van der Waals surface area contributed by atoms with Crippen molar-refractivity contribution >= 4 is 23.2 Å². The van der Waals surface area contributed by atoms with Gasteiger partial charge < -0.3 is 5.32 Å². The van der Waals surface area contributed by atoms with Gasteiger partial charge in [-0.05, 0) is 26.1 Å². The van der Waals surface area contributed by atoms with Crippen LogP contribution in [0.4, 0.5) is 4.39 Å². The quantitative estimate of drug-likeness (QED) is 0.756. The second-order valence-electron chi connectivity index (χ2n) is 2.77. The van der Waals surface area contributed by atoms with Crippen molar-refractivity contribution in [3.8, 4) is 0 Å². The van der Waals surface area contributed by atoms with Crippen molar-refractivity contribution in [2.45, 2.75) is 13.0 Å². The van der Waals surface area contributed by atoms with E-state index in [1.54, 1.807) is 7.05 Å². The zero-order valence-electron chi connectivity index (χ0n) is 7.37. The average molecular weight is 222 g/mol. The van der Waals surface area contributed by atoms with Gasteiger partial charge in [-0.25, -0.2) is 4.39 Å². The Labute approximate surface area is 86.8 Å². The van der Waals surface area contributed by atoms with Gasteiger partial charge in [0.25, 0.3) is 0 Å². The molecule has 0 aromatic heterocycles. The molecule has 0 unspecified atom stereocenters. The van der Waals surface area contributed by atoms with Crippen LogP contribution in [-0.2, 0) is 0 Å². The monoisotopic (exact) mass is 221 g/mol. The number of hydrogen-bond acceptors (Lipinski definition) is 1. The van der Waals surface area contributed by atoms with E-state index in [2.05, 4.69) is 5.32 Å². The van der Waals surface area contributed by atoms with Gasteiger partial charge in [-0.15, -0.1) is 0 Å². The Morgan fingerprint density at radius 1 is 1.38 bits per heavy atom. The maximum atomic E-state index is 13.0. The molecule has 0 amide bonds. The Balaban J connectivity index is 3.25. The van der Waals surface area contributed by atoms with Crippen LogP contribution < -0.4 is 5.32 Å². The zero-order valence-corrected chi connectivity index (χ0v) is 8.88. The molecule has 0 bridgehead atoms. The van der Waals surface area contributed by atoms with Crippen molar-refractivity contribution in [2.75, 3.05) is 7.05 Å². The van der Waals surface area contributed by atoms with Crippen LogP contribution in [0.3, 0.4) is 0 Å². The Hall–Kier alpha value is -0.310. The summed E-state index contributed by atoms with van der Waals surface area (Å²) in [4.78, 5) is 0. The third kappa shape index (κ3) is 2.13. The van der Waals surface area contributed by atoms with E-state index < -0.39 is 5.82 Å². The van der Waals surface area contributed by atoms with Crippen molar-refractivity contribution in [1.82, 2.24) is 5.32 Å². The highest BCUT2D eigenvalue weighted by Crippen LogP contribution is 2.31. The maximum absolute atomic E-state index is 13.0. The van der Waals surface area contributed by atoms with E-state index in [9.17, 15) is 4.39 Å². The normalized spacial score (nSPS) is 13.0. The third-order valence-corrected chi connectivity index (χ3v) is 2.66. The summed E-state index contributed by atoms with van der Waals surface area (Å²) >= 11 is 11.7. The lowest BCUT2D eigenvalue weighted by Gasteiger charge is -2.14. The van der Waals surface area contributed by atoms with Crippen LogP contribution >= 0.6 is 23.2 Å². The lowest BCUT2D eigenvalue weighted by molar-refractivity contribution is 0.609. The van der Waals surface area contributed by atoms with Crippen LogP contribution in [0.25, 0.3) is 0 Å². The highest BCUT2D eigenvalue weighted by molar-refractivity contribution is 6.36. The SMILES string of the molecule is CN[C@H](C)c1c(Cl)ccc(F)c1Cl. The molecule has 1 N–H and O–H groups in total. The van der Waals surface area contributed by atoms with E-state index >= 15 is 0 Å². The summed E-state index contributed by atoms with van der Waals surface area (Å²) in [7, 11) is 1.77. The Kier molecular flexibility index (Phi) is 3.54. The summed E-state index contributed by atoms with van der Waals surface area (Å²) in [5.74, 6) is -0.442. The summed E-state index contributed by atoms with van der Waals surface area (Å²) in [6.45, 7) is 1.87. The minimum atomic E-state index is -0.442. The van der Waals surface area contributed by atoms with Gasteiger partial charge in [0.2, 0.25) is 0 Å². The minimum absolute atomic E-state index is 0.0595. The van der Waals surface area contributed by atoms with Crippen LogP contribution in [0, 0.1) is 5.82 Å². The highest BCUT2D eigenvalue weighted by Gasteiger charge is 2.15. The van der Waals surface area contributed by atoms with Gasteiger partial charge in [0.05, 0.1) is 5.02 Å². The van der Waals surface area contributed by atoms with Gasteiger partial charge >= 0.3 is 0 Å². The molecule has 0 spiro atoms. The first-order valence-corrected chi connectivity index (χ1v) is 4.64. The molecule has 13 heavy (non-hydrogen) atoms. The average Bonchev–Trinajstić information content (AvgIpc) is 2.12. The van der Waals surface area contributed by atoms with Crippen molar-refractivity contribution in [1.29, 1.82) is 0 Å². The molecule has 1 rings (SSSR count). The summed E-state index contributed by atoms with van der Waals surface area (Å²) in [5.41, 5.74) is 0.603. The van der Waals surface area contributed by atoms with Gasteiger partial charge in [-0.3, -0.25) is 0 Å². The molecule has 0 aliphatic carbocycles. The molecule has 0 fully saturated rings. The van der Waals surface area contributed by atoms with Crippen LogP contribution in [0.5, 0.6) is 0 Å². The van der Waals surface area contributed by atoms with Crippen LogP contribution in [0.2, 0.25) is 10.0 Å². The van der Waals surface area contributed by atoms with Crippen molar-refractivity contribution in [3.63, 3.8) is 0 Å². The van der Waals surface area contributed by atoms with Crippen LogP contribution in [0.15, 0.2) is 12.1 Å². The predicted octanol–water partition coefficient (Wildman–Crippen LogP) is 3.41. The van der Waals surface area contributed by atoms with Gasteiger partial charge in [0, 0.05) is 16.6 Å². The first-order valence-electron chi connectivity index (χ1n) is 3.88. The number of benzene rings is 1. The minimum Gasteiger partial charge on any atom is -0.313 e. The fourth-order valence-corrected chi connectivity index (χ4v) is 1.78. The Morgan fingerprint density at radius 2 is 2.00 bits per heavy atom. The summed E-state index contributed by atoms with van der Waals surface area (Å²) in [5, 5.41) is 3.53. The van der Waals surface area contributed by atoms with Crippen molar-refractivity contribution in [3.05, 3.63) is 33.6 Å². The smallest absolute Gasteiger partial charge is 0.142 e. The first kappa shape index (κ1) is 10.8. The lowest BCUT2D eigenvalue weighted by Crippen LogP contribution is -2.13. The van der Waals surface area contributed by atoms with Gasteiger partial charge in [-0.2, -0.15) is 0 Å². The highest BCUT2D eigenvalue weighted by atomic mass is 35.5. The molecule has 1 nitrogen and oxygen atoms in total. The molecule has 0 saturated heterocycles. The molecule has 72 valence electrons. The standard InChI is InChI=1S/C9H10Cl2FN/c1-5(13-2)8-6(10)3-4-7(12)9(8)11/h3-5,13H,1-2H3/t5-/m1/s1. The molecule has 0 aliphatic rings. The predicted molar refractivity (Wildman–Crippen MR) is 53.9 cm³/mol. The Bertz CT molecular complexity index is 315. The van der Waals surface area contributed by atoms with Gasteiger partial charge in [0.1, 0.15) is 5.82 Å². The van der Waals surface area contributed by atoms with E-state index in [1.165, 1.54) is 12.1 Å². The van der Waals surface area contributed by atoms with E-state index in [-0.39, 0.29) is 11.1 Å². The first-order chi connectivity index (χ1) is 6.07. The van der Waals surface area contributed by atoms with E-state index in [1.807, 2.05) is 6.92 Å². The van der Waals surface area contributed by atoms with Crippen LogP contribution in [-0.4, -0.2) is 7.05 Å². The number of halogens is 3. The number of rotatable bonds is 2. The molecule has 4 heteroatoms. The topological polar surface area (TPSA) is 12.0 Å². The van der Waals surface area contributed by atoms with Gasteiger partial charge in [-0.1, -0.05) is 23.2 Å². The number of hydrogen-bond donors (Lipinski definition) is 1. The molecule has 1 aromatic carbocycles. The van der Waals surface area contributed by atoms with Crippen molar-refractivity contribution < 1.29 is 4.39 Å². The van der Waals surface area contributed by atoms with Crippen molar-refractivity contribution in [2.24, 2.45) is 0 Å². The second-order valence-corrected chi connectivity index (χ2v) is 3.55. The molecule has 0 aliphatic heterocycles. The fraction of sp³-hybridized carbons (Fsp3) is 0.333. The Morgan fingerprint density at radius 3 is 2.54 bits per heavy atom. The lowest BCUT2D eigenvalue weighted by atomic mass is 10.1. The van der Waals surface area contributed by atoms with E-state index in [0.717, 1.165) is 0 Å². The van der Waals surface area contributed by atoms with Crippen LogP contribution in [0.1, 0.15) is 18.5 Å². The summed E-state index contributed by atoms with van der Waals surface area (Å²) in [6, 6.07) is 2.71. The third-order valence-electron chi connectivity index (χ3n) is 1.95. The second kappa shape index (κ2) is 4.27. The van der Waals surface area contributed by atoms with E-state index in [0.29, 0.717) is 10.6 Å². The molecule has 0 saturated carbocycles. The number of nitrogens with one attached hydrogen (secondary N) is 1. The largest absolute Gasteiger partial charge is 0.313 e. The molecule has 0 heterocycles. The van der Waals surface area contributed by atoms with E-state index in [4.69, 9.17) is 23.2 Å². The maximum Gasteiger partial charge on any atom is 0.142 e. The zero-order chi connectivity index (χ0) is 10.0. The fourth-order valence-electron chi connectivity index (χ4n) is 1.08. The molecule has 1 aromatic rings. The molecular weight excluding hydrogens is 212 g/mol.